The molecule has 130 valence electrons. The lowest BCUT2D eigenvalue weighted by atomic mass is 9.98. The molecule has 0 spiro atoms. The third-order valence-corrected chi connectivity index (χ3v) is 5.38. The molecule has 1 amide bonds. The largest absolute Gasteiger partial charge is 0.503 e. The van der Waals surface area contributed by atoms with Gasteiger partial charge in [-0.1, -0.05) is 13.0 Å². The van der Waals surface area contributed by atoms with Crippen LogP contribution in [0, 0.1) is 6.92 Å². The van der Waals surface area contributed by atoms with Crippen LogP contribution in [0.2, 0.25) is 0 Å². The van der Waals surface area contributed by atoms with Crippen LogP contribution in [0.4, 0.5) is 5.69 Å². The summed E-state index contributed by atoms with van der Waals surface area (Å²) >= 11 is 1.47. The average Bonchev–Trinajstić information content (AvgIpc) is 3.15. The topological polar surface area (TPSA) is 66.8 Å². The number of thiophene rings is 1. The van der Waals surface area contributed by atoms with E-state index < -0.39 is 17.7 Å². The van der Waals surface area contributed by atoms with E-state index in [-0.39, 0.29) is 17.8 Å². The first-order valence-corrected chi connectivity index (χ1v) is 8.85. The van der Waals surface area contributed by atoms with Gasteiger partial charge in [0.1, 0.15) is 11.8 Å². The third-order valence-electron chi connectivity index (χ3n) is 4.31. The van der Waals surface area contributed by atoms with Crippen molar-refractivity contribution in [2.24, 2.45) is 0 Å². The Morgan fingerprint density at radius 2 is 2.12 bits per heavy atom. The normalized spacial score (nSPS) is 17.3. The Bertz CT molecular complexity index is 868. The second kappa shape index (κ2) is 6.72. The number of carbonyl (C=O) groups excluding carboxylic acids is 2. The lowest BCUT2D eigenvalue weighted by Crippen LogP contribution is -2.30. The van der Waals surface area contributed by atoms with Crippen LogP contribution in [0.5, 0.6) is 5.75 Å². The number of aliphatic hydroxyl groups is 1. The van der Waals surface area contributed by atoms with Crippen LogP contribution in [0.1, 0.15) is 29.8 Å². The highest BCUT2D eigenvalue weighted by molar-refractivity contribution is 7.10. The zero-order valence-electron chi connectivity index (χ0n) is 14.3. The number of hydrogen-bond acceptors (Lipinski definition) is 5. The molecule has 0 saturated heterocycles. The quantitative estimate of drug-likeness (QED) is 0.880. The molecule has 5 nitrogen and oxygen atoms in total. The summed E-state index contributed by atoms with van der Waals surface area (Å²) in [5.41, 5.74) is 1.72. The number of aliphatic hydroxyl groups excluding tert-OH is 1. The molecule has 1 N–H and O–H groups in total. The van der Waals surface area contributed by atoms with Gasteiger partial charge in [-0.25, -0.2) is 0 Å². The molecule has 2 aromatic rings. The highest BCUT2D eigenvalue weighted by atomic mass is 32.1. The Labute approximate surface area is 150 Å². The van der Waals surface area contributed by atoms with Gasteiger partial charge in [0.15, 0.2) is 11.5 Å². The average molecular weight is 357 g/mol. The van der Waals surface area contributed by atoms with Gasteiger partial charge in [0, 0.05) is 23.1 Å². The summed E-state index contributed by atoms with van der Waals surface area (Å²) < 4.78 is 5.24. The highest BCUT2D eigenvalue weighted by Crippen LogP contribution is 2.44. The fourth-order valence-corrected chi connectivity index (χ4v) is 4.04. The molecule has 1 atom stereocenters. The minimum absolute atomic E-state index is 0.167. The monoisotopic (exact) mass is 357 g/mol. The van der Waals surface area contributed by atoms with Crippen LogP contribution < -0.4 is 9.64 Å². The number of ketones is 1. The molecule has 2 heterocycles. The van der Waals surface area contributed by atoms with Crippen LogP contribution in [0.15, 0.2) is 47.0 Å². The van der Waals surface area contributed by atoms with Gasteiger partial charge in [0.2, 0.25) is 0 Å². The number of Topliss-reactive ketones (excluding diaryl/α,β-unsaturated/α-hetero) is 1. The van der Waals surface area contributed by atoms with Gasteiger partial charge < -0.3 is 9.84 Å². The summed E-state index contributed by atoms with van der Waals surface area (Å²) in [6, 6.07) is 8.37. The predicted molar refractivity (Wildman–Crippen MR) is 97.2 cm³/mol. The first kappa shape index (κ1) is 17.2. The van der Waals surface area contributed by atoms with Crippen molar-refractivity contribution in [3.63, 3.8) is 0 Å². The van der Waals surface area contributed by atoms with E-state index in [0.29, 0.717) is 11.4 Å². The number of anilines is 1. The van der Waals surface area contributed by atoms with Crippen LogP contribution in [-0.2, 0) is 9.59 Å². The summed E-state index contributed by atoms with van der Waals surface area (Å²) in [6.45, 7) is 3.66. The molecule has 1 aromatic carbocycles. The SMILES string of the molecule is CCC(=O)C1=C(O)C(=O)N(c2cccc(OC)c2)C1c1sccc1C. The van der Waals surface area contributed by atoms with E-state index in [1.807, 2.05) is 18.4 Å². The Balaban J connectivity index is 2.18. The Morgan fingerprint density at radius 3 is 2.72 bits per heavy atom. The van der Waals surface area contributed by atoms with Gasteiger partial charge in [-0.15, -0.1) is 11.3 Å². The maximum atomic E-state index is 12.8. The molecule has 0 saturated carbocycles. The van der Waals surface area contributed by atoms with Gasteiger partial charge in [-0.05, 0) is 36.1 Å². The van der Waals surface area contributed by atoms with E-state index in [4.69, 9.17) is 4.74 Å². The number of benzene rings is 1. The van der Waals surface area contributed by atoms with Crippen LogP contribution in [0.3, 0.4) is 0 Å². The van der Waals surface area contributed by atoms with Crippen LogP contribution in [-0.4, -0.2) is 23.9 Å². The molecule has 0 fully saturated rings. The number of rotatable bonds is 5. The molecule has 3 rings (SSSR count). The molecule has 0 bridgehead atoms. The number of carbonyl (C=O) groups is 2. The van der Waals surface area contributed by atoms with E-state index in [1.165, 1.54) is 16.2 Å². The van der Waals surface area contributed by atoms with Crippen molar-refractivity contribution < 1.29 is 19.4 Å². The highest BCUT2D eigenvalue weighted by Gasteiger charge is 2.44. The van der Waals surface area contributed by atoms with Crippen molar-refractivity contribution in [3.8, 4) is 5.75 Å². The van der Waals surface area contributed by atoms with Gasteiger partial charge in [0.05, 0.1) is 12.7 Å². The fourth-order valence-electron chi connectivity index (χ4n) is 3.02. The molecule has 0 radical (unpaired) electrons. The molecule has 25 heavy (non-hydrogen) atoms. The van der Waals surface area contributed by atoms with E-state index in [2.05, 4.69) is 0 Å². The first-order chi connectivity index (χ1) is 12.0. The van der Waals surface area contributed by atoms with Crippen molar-refractivity contribution in [1.29, 1.82) is 0 Å². The number of hydrogen-bond donors (Lipinski definition) is 1. The minimum Gasteiger partial charge on any atom is -0.503 e. The molecule has 6 heteroatoms. The number of aryl methyl sites for hydroxylation is 1. The third kappa shape index (κ3) is 2.82. The predicted octanol–water partition coefficient (Wildman–Crippen LogP) is 3.94. The number of nitrogens with zero attached hydrogens (tertiary/aromatic N) is 1. The summed E-state index contributed by atoms with van der Waals surface area (Å²) in [4.78, 5) is 27.6. The molecule has 1 aliphatic rings. The Hall–Kier alpha value is -2.60. The molecule has 1 aliphatic heterocycles. The number of amides is 1. The first-order valence-electron chi connectivity index (χ1n) is 7.97. The lowest BCUT2D eigenvalue weighted by molar-refractivity contribution is -0.118. The van der Waals surface area contributed by atoms with E-state index in [9.17, 15) is 14.7 Å². The lowest BCUT2D eigenvalue weighted by Gasteiger charge is -2.26. The molecular formula is C19H19NO4S. The van der Waals surface area contributed by atoms with Crippen molar-refractivity contribution in [3.05, 3.63) is 57.5 Å². The van der Waals surface area contributed by atoms with Crippen molar-refractivity contribution in [2.75, 3.05) is 12.0 Å². The van der Waals surface area contributed by atoms with Crippen LogP contribution >= 0.6 is 11.3 Å². The minimum atomic E-state index is -0.618. The number of methoxy groups -OCH3 is 1. The Kier molecular flexibility index (Phi) is 4.63. The zero-order valence-corrected chi connectivity index (χ0v) is 15.1. The molecule has 0 aliphatic carbocycles. The van der Waals surface area contributed by atoms with Crippen molar-refractivity contribution in [2.45, 2.75) is 26.3 Å². The molecule has 1 unspecified atom stereocenters. The summed E-state index contributed by atoms with van der Waals surface area (Å²) in [5.74, 6) is -0.661. The smallest absolute Gasteiger partial charge is 0.294 e. The van der Waals surface area contributed by atoms with Gasteiger partial charge in [-0.3, -0.25) is 14.5 Å². The maximum Gasteiger partial charge on any atom is 0.294 e. The summed E-state index contributed by atoms with van der Waals surface area (Å²) in [6.07, 6.45) is 0.222. The summed E-state index contributed by atoms with van der Waals surface area (Å²) in [7, 11) is 1.55. The van der Waals surface area contributed by atoms with E-state index in [0.717, 1.165) is 10.4 Å². The fraction of sp³-hybridized carbons (Fsp3) is 0.263. The van der Waals surface area contributed by atoms with E-state index >= 15 is 0 Å². The molecule has 1 aromatic heterocycles. The second-order valence-corrected chi connectivity index (χ2v) is 6.73. The Morgan fingerprint density at radius 1 is 1.36 bits per heavy atom. The standard InChI is InChI=1S/C19H19NO4S/c1-4-14(21)15-16(18-11(2)8-9-25-18)20(19(23)17(15)22)12-6-5-7-13(10-12)24-3/h5-10,16,22H,4H2,1-3H3. The van der Waals surface area contributed by atoms with Gasteiger partial charge in [-0.2, -0.15) is 0 Å². The van der Waals surface area contributed by atoms with Gasteiger partial charge >= 0.3 is 0 Å². The zero-order chi connectivity index (χ0) is 18.1. The van der Waals surface area contributed by atoms with Crippen molar-refractivity contribution >= 4 is 28.7 Å². The van der Waals surface area contributed by atoms with Crippen molar-refractivity contribution in [1.82, 2.24) is 0 Å². The summed E-state index contributed by atoms with van der Waals surface area (Å²) in [5, 5.41) is 12.3. The van der Waals surface area contributed by atoms with Crippen LogP contribution in [0.25, 0.3) is 0 Å². The number of ether oxygens (including phenoxy) is 1. The van der Waals surface area contributed by atoms with Gasteiger partial charge in [0.25, 0.3) is 5.91 Å². The maximum absolute atomic E-state index is 12.8. The van der Waals surface area contributed by atoms with E-state index in [1.54, 1.807) is 38.3 Å². The molecular weight excluding hydrogens is 338 g/mol. The second-order valence-electron chi connectivity index (χ2n) is 5.79.